The third kappa shape index (κ3) is 2.13. The number of hydrogen-bond acceptors (Lipinski definition) is 5. The Morgan fingerprint density at radius 2 is 2.40 bits per heavy atom. The van der Waals surface area contributed by atoms with Crippen molar-refractivity contribution >= 4 is 17.7 Å². The quantitative estimate of drug-likeness (QED) is 0.641. The zero-order valence-corrected chi connectivity index (χ0v) is 9.63. The number of fused-ring (bicyclic) bond motifs is 1. The topological polar surface area (TPSA) is 44.8 Å². The Morgan fingerprint density at radius 1 is 1.60 bits per heavy atom. The average molecular weight is 230 g/mol. The monoisotopic (exact) mass is 230 g/mol. The molecule has 2 rings (SSSR count). The van der Waals surface area contributed by atoms with Gasteiger partial charge in [0.1, 0.15) is 10.7 Å². The molecule has 0 aliphatic carbocycles. The summed E-state index contributed by atoms with van der Waals surface area (Å²) in [4.78, 5) is 12.0. The van der Waals surface area contributed by atoms with E-state index < -0.39 is 0 Å². The molecule has 2 aliphatic rings. The van der Waals surface area contributed by atoms with Crippen molar-refractivity contribution in [3.05, 3.63) is 10.7 Å². The molecule has 0 aromatic rings. The number of rotatable bonds is 1. The number of ether oxygens (including phenoxy) is 3. The Hall–Kier alpha value is -0.680. The molecule has 1 fully saturated rings. The van der Waals surface area contributed by atoms with Gasteiger partial charge in [-0.15, -0.1) is 11.8 Å². The van der Waals surface area contributed by atoms with Crippen LogP contribution in [-0.4, -0.2) is 31.2 Å². The zero-order valence-electron chi connectivity index (χ0n) is 8.82. The average Bonchev–Trinajstić information content (AvgIpc) is 2.27. The van der Waals surface area contributed by atoms with Crippen molar-refractivity contribution in [1.29, 1.82) is 0 Å². The predicted octanol–water partition coefficient (Wildman–Crippen LogP) is 1.66. The highest BCUT2D eigenvalue weighted by atomic mass is 32.2. The van der Waals surface area contributed by atoms with Gasteiger partial charge >= 0.3 is 5.97 Å². The predicted molar refractivity (Wildman–Crippen MR) is 56.2 cm³/mol. The summed E-state index contributed by atoms with van der Waals surface area (Å²) in [7, 11) is 1.38. The number of carbonyl (C=O) groups is 1. The molecule has 5 heteroatoms. The highest BCUT2D eigenvalue weighted by Gasteiger charge is 2.36. The van der Waals surface area contributed by atoms with Gasteiger partial charge in [0.15, 0.2) is 0 Å². The molecule has 0 spiro atoms. The van der Waals surface area contributed by atoms with Crippen LogP contribution in [0.4, 0.5) is 0 Å². The third-order valence-electron chi connectivity index (χ3n) is 2.47. The maximum absolute atomic E-state index is 11.4. The standard InChI is InChI=1S/C10H14O4S/c1-6-8(9(11)12-2)15-7-4-3-5-13-10(7)14-6/h7,10H,3-5H2,1-2H3/t7-,10-/m1/s1. The molecule has 4 nitrogen and oxygen atoms in total. The lowest BCUT2D eigenvalue weighted by molar-refractivity contribution is -0.142. The van der Waals surface area contributed by atoms with Crippen LogP contribution >= 0.6 is 11.8 Å². The fourth-order valence-corrected chi connectivity index (χ4v) is 2.92. The van der Waals surface area contributed by atoms with Gasteiger partial charge in [-0.1, -0.05) is 0 Å². The van der Waals surface area contributed by atoms with Crippen molar-refractivity contribution < 1.29 is 19.0 Å². The van der Waals surface area contributed by atoms with E-state index in [9.17, 15) is 4.79 Å². The second kappa shape index (κ2) is 4.45. The molecule has 2 atom stereocenters. The Bertz CT molecular complexity index is 300. The van der Waals surface area contributed by atoms with Gasteiger partial charge in [-0.2, -0.15) is 0 Å². The molecule has 1 saturated heterocycles. The number of methoxy groups -OCH3 is 1. The van der Waals surface area contributed by atoms with E-state index in [1.807, 2.05) is 0 Å². The largest absolute Gasteiger partial charge is 0.467 e. The molecular weight excluding hydrogens is 216 g/mol. The molecule has 0 aromatic heterocycles. The molecule has 15 heavy (non-hydrogen) atoms. The van der Waals surface area contributed by atoms with Crippen molar-refractivity contribution in [2.75, 3.05) is 13.7 Å². The highest BCUT2D eigenvalue weighted by Crippen LogP contribution is 2.39. The van der Waals surface area contributed by atoms with Crippen LogP contribution in [0.5, 0.6) is 0 Å². The first-order valence-electron chi connectivity index (χ1n) is 4.96. The van der Waals surface area contributed by atoms with Gasteiger partial charge in [0.25, 0.3) is 0 Å². The normalized spacial score (nSPS) is 30.5. The smallest absolute Gasteiger partial charge is 0.347 e. The Morgan fingerprint density at radius 3 is 3.13 bits per heavy atom. The van der Waals surface area contributed by atoms with Gasteiger partial charge in [0.05, 0.1) is 19.0 Å². The van der Waals surface area contributed by atoms with Crippen LogP contribution in [0.3, 0.4) is 0 Å². The lowest BCUT2D eigenvalue weighted by Crippen LogP contribution is -2.37. The van der Waals surface area contributed by atoms with Gasteiger partial charge in [0.2, 0.25) is 6.29 Å². The summed E-state index contributed by atoms with van der Waals surface area (Å²) in [6, 6.07) is 0. The lowest BCUT2D eigenvalue weighted by atomic mass is 10.2. The summed E-state index contributed by atoms with van der Waals surface area (Å²) in [6.07, 6.45) is 1.84. The minimum atomic E-state index is -0.318. The van der Waals surface area contributed by atoms with Gasteiger partial charge in [-0.3, -0.25) is 0 Å². The van der Waals surface area contributed by atoms with Crippen LogP contribution in [0.15, 0.2) is 10.7 Å². The second-order valence-corrected chi connectivity index (χ2v) is 4.78. The number of carbonyl (C=O) groups excluding carboxylic acids is 1. The number of allylic oxidation sites excluding steroid dienone is 1. The summed E-state index contributed by atoms with van der Waals surface area (Å²) in [5, 5.41) is 0.219. The van der Waals surface area contributed by atoms with E-state index >= 15 is 0 Å². The lowest BCUT2D eigenvalue weighted by Gasteiger charge is -2.35. The van der Waals surface area contributed by atoms with Crippen molar-refractivity contribution in [3.63, 3.8) is 0 Å². The highest BCUT2D eigenvalue weighted by molar-refractivity contribution is 8.04. The van der Waals surface area contributed by atoms with Gasteiger partial charge in [0, 0.05) is 0 Å². The zero-order chi connectivity index (χ0) is 10.8. The first kappa shape index (κ1) is 10.8. The Kier molecular flexibility index (Phi) is 3.21. The van der Waals surface area contributed by atoms with Crippen LogP contribution in [0.25, 0.3) is 0 Å². The van der Waals surface area contributed by atoms with Crippen molar-refractivity contribution in [2.24, 2.45) is 0 Å². The van der Waals surface area contributed by atoms with E-state index in [4.69, 9.17) is 14.2 Å². The molecule has 0 N–H and O–H groups in total. The summed E-state index contributed by atoms with van der Waals surface area (Å²) in [5.74, 6) is 0.288. The molecular formula is C10H14O4S. The maximum atomic E-state index is 11.4. The SMILES string of the molecule is COC(=O)C1=C(C)O[C@H]2OCCC[C@H]2S1. The Labute approximate surface area is 92.9 Å². The fourth-order valence-electron chi connectivity index (χ4n) is 1.70. The minimum absolute atomic E-state index is 0.197. The van der Waals surface area contributed by atoms with E-state index in [2.05, 4.69) is 0 Å². The Balaban J connectivity index is 2.15. The first-order chi connectivity index (χ1) is 7.22. The van der Waals surface area contributed by atoms with E-state index in [1.54, 1.807) is 6.92 Å². The second-order valence-electron chi connectivity index (χ2n) is 3.53. The summed E-state index contributed by atoms with van der Waals surface area (Å²) in [6.45, 7) is 2.51. The fraction of sp³-hybridized carbons (Fsp3) is 0.700. The maximum Gasteiger partial charge on any atom is 0.347 e. The van der Waals surface area contributed by atoms with Crippen LogP contribution in [0.1, 0.15) is 19.8 Å². The molecule has 0 bridgehead atoms. The first-order valence-corrected chi connectivity index (χ1v) is 5.84. The molecule has 0 aromatic carbocycles. The van der Waals surface area contributed by atoms with E-state index in [-0.39, 0.29) is 17.5 Å². The summed E-state index contributed by atoms with van der Waals surface area (Å²) in [5.41, 5.74) is 0. The van der Waals surface area contributed by atoms with Crippen LogP contribution < -0.4 is 0 Å². The molecule has 2 aliphatic heterocycles. The van der Waals surface area contributed by atoms with Gasteiger partial charge < -0.3 is 14.2 Å². The molecule has 0 saturated carbocycles. The molecule has 0 unspecified atom stereocenters. The van der Waals surface area contributed by atoms with Crippen molar-refractivity contribution in [1.82, 2.24) is 0 Å². The molecule has 2 heterocycles. The summed E-state index contributed by atoms with van der Waals surface area (Å²) < 4.78 is 15.7. The number of hydrogen-bond donors (Lipinski definition) is 0. The van der Waals surface area contributed by atoms with Crippen molar-refractivity contribution in [3.8, 4) is 0 Å². The van der Waals surface area contributed by atoms with E-state index in [1.165, 1.54) is 18.9 Å². The molecule has 0 amide bonds. The number of esters is 1. The van der Waals surface area contributed by atoms with Gasteiger partial charge in [-0.25, -0.2) is 4.79 Å². The van der Waals surface area contributed by atoms with Crippen molar-refractivity contribution in [2.45, 2.75) is 31.3 Å². The van der Waals surface area contributed by atoms with Crippen LogP contribution in [0.2, 0.25) is 0 Å². The van der Waals surface area contributed by atoms with Gasteiger partial charge in [-0.05, 0) is 19.8 Å². The minimum Gasteiger partial charge on any atom is -0.467 e. The van der Waals surface area contributed by atoms with Crippen LogP contribution in [-0.2, 0) is 19.0 Å². The molecule has 0 radical (unpaired) electrons. The van der Waals surface area contributed by atoms with E-state index in [0.29, 0.717) is 10.7 Å². The van der Waals surface area contributed by atoms with E-state index in [0.717, 1.165) is 19.4 Å². The molecule has 84 valence electrons. The summed E-state index contributed by atoms with van der Waals surface area (Å²) >= 11 is 1.51. The number of thioether (sulfide) groups is 1. The third-order valence-corrected chi connectivity index (χ3v) is 3.92. The van der Waals surface area contributed by atoms with Crippen LogP contribution in [0, 0.1) is 0 Å².